The highest BCUT2D eigenvalue weighted by atomic mass is 16.5. The van der Waals surface area contributed by atoms with E-state index >= 15 is 0 Å². The fraction of sp³-hybridized carbons (Fsp3) is 0.583. The van der Waals surface area contributed by atoms with Gasteiger partial charge in [0.25, 0.3) is 0 Å². The Morgan fingerprint density at radius 2 is 2.47 bits per heavy atom. The van der Waals surface area contributed by atoms with E-state index in [0.717, 1.165) is 37.4 Å². The van der Waals surface area contributed by atoms with Crippen LogP contribution in [-0.4, -0.2) is 36.9 Å². The Kier molecular flexibility index (Phi) is 3.68. The van der Waals surface area contributed by atoms with Crippen molar-refractivity contribution in [2.75, 3.05) is 37.4 Å². The summed E-state index contributed by atoms with van der Waals surface area (Å²) < 4.78 is 5.32. The Morgan fingerprint density at radius 1 is 1.65 bits per heavy atom. The van der Waals surface area contributed by atoms with E-state index in [1.165, 1.54) is 0 Å². The Bertz CT molecular complexity index is 384. The normalized spacial score (nSPS) is 20.4. The molecule has 17 heavy (non-hydrogen) atoms. The van der Waals surface area contributed by atoms with Crippen molar-refractivity contribution in [1.29, 1.82) is 0 Å². The molecule has 0 amide bonds. The van der Waals surface area contributed by atoms with Gasteiger partial charge in [0.15, 0.2) is 0 Å². The Labute approximate surface area is 101 Å². The molecule has 1 aliphatic heterocycles. The second-order valence-electron chi connectivity index (χ2n) is 4.42. The van der Waals surface area contributed by atoms with Crippen molar-refractivity contribution in [2.45, 2.75) is 12.8 Å². The zero-order valence-corrected chi connectivity index (χ0v) is 10.1. The Balaban J connectivity index is 2.20. The molecule has 2 rings (SSSR count). The maximum Gasteiger partial charge on any atom is 0.147 e. The van der Waals surface area contributed by atoms with Crippen LogP contribution in [0.3, 0.4) is 0 Å². The number of nitrogen functional groups attached to an aromatic ring is 1. The van der Waals surface area contributed by atoms with E-state index in [4.69, 9.17) is 10.5 Å². The third-order valence-corrected chi connectivity index (χ3v) is 3.21. The topological polar surface area (TPSA) is 71.6 Å². The monoisotopic (exact) mass is 237 g/mol. The zero-order chi connectivity index (χ0) is 12.3. The highest BCUT2D eigenvalue weighted by Gasteiger charge is 2.22. The standard InChI is InChI=1S/C12H19N3O2/c1-17-11-5-12(13)14-6-10(11)15-4-2-3-9(7-15)8-16/h5-6,9,16H,2-4,7-8H2,1H3,(H2,13,14)/t9-/m0/s1. The predicted molar refractivity (Wildman–Crippen MR) is 67.2 cm³/mol. The number of piperidine rings is 1. The Hall–Kier alpha value is -1.49. The second-order valence-corrected chi connectivity index (χ2v) is 4.42. The molecule has 1 aliphatic rings. The third kappa shape index (κ3) is 2.61. The lowest BCUT2D eigenvalue weighted by Crippen LogP contribution is -2.37. The van der Waals surface area contributed by atoms with E-state index < -0.39 is 0 Å². The van der Waals surface area contributed by atoms with Gasteiger partial charge in [-0.25, -0.2) is 4.98 Å². The number of rotatable bonds is 3. The first-order valence-corrected chi connectivity index (χ1v) is 5.90. The van der Waals surface area contributed by atoms with Gasteiger partial charge in [-0.05, 0) is 18.8 Å². The van der Waals surface area contributed by atoms with Crippen LogP contribution in [0.5, 0.6) is 5.75 Å². The van der Waals surface area contributed by atoms with Gasteiger partial charge >= 0.3 is 0 Å². The van der Waals surface area contributed by atoms with Gasteiger partial charge in [-0.15, -0.1) is 0 Å². The molecule has 0 aliphatic carbocycles. The fourth-order valence-corrected chi connectivity index (χ4v) is 2.28. The summed E-state index contributed by atoms with van der Waals surface area (Å²) in [7, 11) is 1.63. The third-order valence-electron chi connectivity index (χ3n) is 3.21. The fourth-order valence-electron chi connectivity index (χ4n) is 2.28. The van der Waals surface area contributed by atoms with Crippen LogP contribution < -0.4 is 15.4 Å². The van der Waals surface area contributed by atoms with E-state index in [1.807, 2.05) is 0 Å². The van der Waals surface area contributed by atoms with Gasteiger partial charge in [0, 0.05) is 25.8 Å². The smallest absolute Gasteiger partial charge is 0.147 e. The molecule has 0 aromatic carbocycles. The zero-order valence-electron chi connectivity index (χ0n) is 10.1. The summed E-state index contributed by atoms with van der Waals surface area (Å²) in [6.07, 6.45) is 3.91. The summed E-state index contributed by atoms with van der Waals surface area (Å²) in [4.78, 5) is 6.31. The summed E-state index contributed by atoms with van der Waals surface area (Å²) in [5, 5.41) is 9.23. The number of aliphatic hydroxyl groups excluding tert-OH is 1. The van der Waals surface area contributed by atoms with Crippen molar-refractivity contribution in [1.82, 2.24) is 4.98 Å². The van der Waals surface area contributed by atoms with Crippen LogP contribution in [0, 0.1) is 5.92 Å². The predicted octanol–water partition coefficient (Wildman–Crippen LogP) is 0.881. The van der Waals surface area contributed by atoms with E-state index in [2.05, 4.69) is 9.88 Å². The van der Waals surface area contributed by atoms with E-state index in [1.54, 1.807) is 19.4 Å². The summed E-state index contributed by atoms with van der Waals surface area (Å²) in [6.45, 7) is 2.05. The van der Waals surface area contributed by atoms with Crippen LogP contribution in [0.4, 0.5) is 11.5 Å². The van der Waals surface area contributed by atoms with E-state index in [0.29, 0.717) is 11.7 Å². The van der Waals surface area contributed by atoms with Gasteiger partial charge in [-0.2, -0.15) is 0 Å². The van der Waals surface area contributed by atoms with Crippen molar-refractivity contribution >= 4 is 11.5 Å². The lowest BCUT2D eigenvalue weighted by Gasteiger charge is -2.34. The number of ether oxygens (including phenoxy) is 1. The molecule has 0 bridgehead atoms. The number of hydrogen-bond acceptors (Lipinski definition) is 5. The molecule has 0 spiro atoms. The molecule has 1 aromatic rings. The molecule has 5 heteroatoms. The molecule has 1 fully saturated rings. The average molecular weight is 237 g/mol. The first-order valence-electron chi connectivity index (χ1n) is 5.90. The Morgan fingerprint density at radius 3 is 3.18 bits per heavy atom. The lowest BCUT2D eigenvalue weighted by molar-refractivity contribution is 0.208. The summed E-state index contributed by atoms with van der Waals surface area (Å²) >= 11 is 0. The molecular weight excluding hydrogens is 218 g/mol. The number of nitrogens with two attached hydrogens (primary N) is 1. The van der Waals surface area contributed by atoms with Gasteiger partial charge in [0.05, 0.1) is 19.0 Å². The minimum absolute atomic E-state index is 0.237. The van der Waals surface area contributed by atoms with Crippen LogP contribution >= 0.6 is 0 Å². The van der Waals surface area contributed by atoms with Crippen molar-refractivity contribution in [3.8, 4) is 5.75 Å². The van der Waals surface area contributed by atoms with Gasteiger partial charge in [-0.1, -0.05) is 0 Å². The summed E-state index contributed by atoms with van der Waals surface area (Å²) in [6, 6.07) is 1.73. The highest BCUT2D eigenvalue weighted by Crippen LogP contribution is 2.31. The minimum Gasteiger partial charge on any atom is -0.494 e. The number of hydrogen-bond donors (Lipinski definition) is 2. The van der Waals surface area contributed by atoms with Gasteiger partial charge < -0.3 is 20.5 Å². The van der Waals surface area contributed by atoms with Crippen LogP contribution in [0.25, 0.3) is 0 Å². The van der Waals surface area contributed by atoms with Crippen LogP contribution in [0.15, 0.2) is 12.3 Å². The molecule has 1 saturated heterocycles. The van der Waals surface area contributed by atoms with Crippen molar-refractivity contribution < 1.29 is 9.84 Å². The van der Waals surface area contributed by atoms with E-state index in [9.17, 15) is 5.11 Å². The van der Waals surface area contributed by atoms with Gasteiger partial charge in [0.2, 0.25) is 0 Å². The van der Waals surface area contributed by atoms with Gasteiger partial charge in [0.1, 0.15) is 11.6 Å². The van der Waals surface area contributed by atoms with Crippen molar-refractivity contribution in [2.24, 2.45) is 5.92 Å². The molecule has 2 heterocycles. The number of anilines is 2. The SMILES string of the molecule is COc1cc(N)ncc1N1CCC[C@H](CO)C1. The largest absolute Gasteiger partial charge is 0.494 e. The molecular formula is C12H19N3O2. The minimum atomic E-state index is 0.237. The number of methoxy groups -OCH3 is 1. The second kappa shape index (κ2) is 5.23. The maximum absolute atomic E-state index is 9.23. The van der Waals surface area contributed by atoms with Gasteiger partial charge in [-0.3, -0.25) is 0 Å². The van der Waals surface area contributed by atoms with Crippen LogP contribution in [-0.2, 0) is 0 Å². The average Bonchev–Trinajstić information content (AvgIpc) is 2.38. The molecule has 1 atom stereocenters. The summed E-state index contributed by atoms with van der Waals surface area (Å²) in [5.74, 6) is 1.54. The van der Waals surface area contributed by atoms with Crippen molar-refractivity contribution in [3.63, 3.8) is 0 Å². The number of pyridine rings is 1. The van der Waals surface area contributed by atoms with E-state index in [-0.39, 0.29) is 6.61 Å². The molecule has 94 valence electrons. The molecule has 0 unspecified atom stereocenters. The van der Waals surface area contributed by atoms with Crippen molar-refractivity contribution in [3.05, 3.63) is 12.3 Å². The van der Waals surface area contributed by atoms with Crippen LogP contribution in [0.1, 0.15) is 12.8 Å². The molecule has 3 N–H and O–H groups in total. The first kappa shape index (κ1) is 12.0. The first-order chi connectivity index (χ1) is 8.24. The molecule has 5 nitrogen and oxygen atoms in total. The molecule has 0 saturated carbocycles. The quantitative estimate of drug-likeness (QED) is 0.816. The number of nitrogens with zero attached hydrogens (tertiary/aromatic N) is 2. The molecule has 1 aromatic heterocycles. The lowest BCUT2D eigenvalue weighted by atomic mass is 9.98. The number of aliphatic hydroxyl groups is 1. The molecule has 0 radical (unpaired) electrons. The highest BCUT2D eigenvalue weighted by molar-refractivity contribution is 5.60. The van der Waals surface area contributed by atoms with Crippen LogP contribution in [0.2, 0.25) is 0 Å². The summed E-state index contributed by atoms with van der Waals surface area (Å²) in [5.41, 5.74) is 6.59. The maximum atomic E-state index is 9.23. The number of aromatic nitrogens is 1.